The highest BCUT2D eigenvalue weighted by Gasteiger charge is 2.25. The molecule has 0 spiro atoms. The number of benzene rings is 1. The molecule has 1 aromatic heterocycles. The number of esters is 1. The third-order valence-electron chi connectivity index (χ3n) is 3.24. The second-order valence-corrected chi connectivity index (χ2v) is 6.13. The maximum atomic E-state index is 12.2. The van der Waals surface area contributed by atoms with Crippen LogP contribution in [0.4, 0.5) is 0 Å². The van der Waals surface area contributed by atoms with Crippen molar-refractivity contribution in [3.63, 3.8) is 0 Å². The first kappa shape index (κ1) is 17.7. The van der Waals surface area contributed by atoms with Gasteiger partial charge in [0.2, 0.25) is 12.0 Å². The summed E-state index contributed by atoms with van der Waals surface area (Å²) in [7, 11) is 0. The van der Waals surface area contributed by atoms with E-state index in [1.807, 2.05) is 17.5 Å². The van der Waals surface area contributed by atoms with E-state index in [1.165, 1.54) is 18.3 Å². The molecule has 0 fully saturated rings. The quantitative estimate of drug-likeness (QED) is 0.750. The standard InChI is InChI=1S/C17H18N2O4S/c1-11(20)19-13(14-8-5-9-24-14)10-15(21)23-16(17(18)22)12-6-3-2-4-7-12/h2-9,13,16H,10H2,1H3,(H2,18,22)(H,19,20)/t13-,16+/m0/s1. The van der Waals surface area contributed by atoms with Crippen LogP contribution < -0.4 is 11.1 Å². The third kappa shape index (κ3) is 4.92. The number of hydrogen-bond donors (Lipinski definition) is 2. The fourth-order valence-corrected chi connectivity index (χ4v) is 3.00. The van der Waals surface area contributed by atoms with Gasteiger partial charge >= 0.3 is 5.97 Å². The lowest BCUT2D eigenvalue weighted by Crippen LogP contribution is -2.30. The zero-order valence-electron chi connectivity index (χ0n) is 13.1. The molecule has 126 valence electrons. The zero-order chi connectivity index (χ0) is 17.5. The van der Waals surface area contributed by atoms with Crippen molar-refractivity contribution in [3.8, 4) is 0 Å². The fraction of sp³-hybridized carbons (Fsp3) is 0.235. The van der Waals surface area contributed by atoms with Gasteiger partial charge in [0, 0.05) is 17.4 Å². The Balaban J connectivity index is 2.09. The monoisotopic (exact) mass is 346 g/mol. The summed E-state index contributed by atoms with van der Waals surface area (Å²) < 4.78 is 5.25. The number of rotatable bonds is 7. The van der Waals surface area contributed by atoms with Crippen molar-refractivity contribution in [2.45, 2.75) is 25.5 Å². The Morgan fingerprint density at radius 2 is 1.88 bits per heavy atom. The molecule has 1 heterocycles. The van der Waals surface area contributed by atoms with Gasteiger partial charge in [-0.05, 0) is 11.4 Å². The summed E-state index contributed by atoms with van der Waals surface area (Å²) in [6, 6.07) is 11.7. The van der Waals surface area contributed by atoms with Crippen LogP contribution in [-0.4, -0.2) is 17.8 Å². The Morgan fingerprint density at radius 3 is 2.42 bits per heavy atom. The van der Waals surface area contributed by atoms with Crippen LogP contribution in [0.3, 0.4) is 0 Å². The van der Waals surface area contributed by atoms with Gasteiger partial charge in [-0.3, -0.25) is 14.4 Å². The van der Waals surface area contributed by atoms with Gasteiger partial charge < -0.3 is 15.8 Å². The van der Waals surface area contributed by atoms with Gasteiger partial charge in [0.1, 0.15) is 0 Å². The van der Waals surface area contributed by atoms with Crippen molar-refractivity contribution in [3.05, 3.63) is 58.3 Å². The van der Waals surface area contributed by atoms with Crippen molar-refractivity contribution < 1.29 is 19.1 Å². The molecule has 0 radical (unpaired) electrons. The molecular weight excluding hydrogens is 328 g/mol. The number of ether oxygens (including phenoxy) is 1. The first-order valence-corrected chi connectivity index (χ1v) is 8.19. The second-order valence-electron chi connectivity index (χ2n) is 5.16. The van der Waals surface area contributed by atoms with Crippen LogP contribution in [0.2, 0.25) is 0 Å². The summed E-state index contributed by atoms with van der Waals surface area (Å²) in [5, 5.41) is 4.56. The number of carbonyl (C=O) groups excluding carboxylic acids is 3. The van der Waals surface area contributed by atoms with E-state index in [-0.39, 0.29) is 12.3 Å². The predicted octanol–water partition coefficient (Wildman–Crippen LogP) is 2.09. The van der Waals surface area contributed by atoms with Crippen molar-refractivity contribution in [2.75, 3.05) is 0 Å². The summed E-state index contributed by atoms with van der Waals surface area (Å²) >= 11 is 1.42. The first-order chi connectivity index (χ1) is 11.5. The third-order valence-corrected chi connectivity index (χ3v) is 4.23. The molecule has 2 rings (SSSR count). The van der Waals surface area contributed by atoms with Crippen LogP contribution in [-0.2, 0) is 19.1 Å². The minimum Gasteiger partial charge on any atom is -0.447 e. The molecule has 3 N–H and O–H groups in total. The maximum absolute atomic E-state index is 12.2. The molecule has 1 aromatic carbocycles. The number of thiophene rings is 1. The Morgan fingerprint density at radius 1 is 1.17 bits per heavy atom. The van der Waals surface area contributed by atoms with Crippen molar-refractivity contribution in [2.24, 2.45) is 5.73 Å². The van der Waals surface area contributed by atoms with Crippen molar-refractivity contribution in [1.82, 2.24) is 5.32 Å². The Bertz CT molecular complexity index is 701. The largest absolute Gasteiger partial charge is 0.447 e. The molecule has 0 unspecified atom stereocenters. The SMILES string of the molecule is CC(=O)N[C@@H](CC(=O)O[C@@H](C(N)=O)c1ccccc1)c1cccs1. The van der Waals surface area contributed by atoms with Crippen LogP contribution >= 0.6 is 11.3 Å². The maximum Gasteiger partial charge on any atom is 0.309 e. The highest BCUT2D eigenvalue weighted by atomic mass is 32.1. The summed E-state index contributed by atoms with van der Waals surface area (Å²) in [5.41, 5.74) is 5.84. The molecule has 0 saturated carbocycles. The smallest absolute Gasteiger partial charge is 0.309 e. The van der Waals surface area contributed by atoms with E-state index >= 15 is 0 Å². The van der Waals surface area contributed by atoms with Gasteiger partial charge in [0.25, 0.3) is 5.91 Å². The number of hydrogen-bond acceptors (Lipinski definition) is 5. The molecule has 2 aromatic rings. The van der Waals surface area contributed by atoms with Crippen molar-refractivity contribution in [1.29, 1.82) is 0 Å². The van der Waals surface area contributed by atoms with Crippen LogP contribution in [0.25, 0.3) is 0 Å². The lowest BCUT2D eigenvalue weighted by atomic mass is 10.1. The molecule has 0 aliphatic rings. The molecule has 2 atom stereocenters. The summed E-state index contributed by atoms with van der Waals surface area (Å²) in [4.78, 5) is 36.0. The summed E-state index contributed by atoms with van der Waals surface area (Å²) in [5.74, 6) is -1.62. The van der Waals surface area contributed by atoms with Gasteiger partial charge in [0.05, 0.1) is 12.5 Å². The van der Waals surface area contributed by atoms with Gasteiger partial charge in [0.15, 0.2) is 0 Å². The molecule has 0 bridgehead atoms. The topological polar surface area (TPSA) is 98.5 Å². The molecule has 24 heavy (non-hydrogen) atoms. The van der Waals surface area contributed by atoms with Crippen LogP contribution in [0.1, 0.15) is 35.9 Å². The number of amides is 2. The molecule has 7 heteroatoms. The second kappa shape index (κ2) is 8.26. The van der Waals surface area contributed by atoms with E-state index in [0.29, 0.717) is 5.56 Å². The van der Waals surface area contributed by atoms with Crippen LogP contribution in [0, 0.1) is 0 Å². The van der Waals surface area contributed by atoms with Gasteiger partial charge in [-0.2, -0.15) is 0 Å². The molecule has 6 nitrogen and oxygen atoms in total. The van der Waals surface area contributed by atoms with Gasteiger partial charge in [-0.15, -0.1) is 11.3 Å². The van der Waals surface area contributed by atoms with E-state index in [4.69, 9.17) is 10.5 Å². The van der Waals surface area contributed by atoms with E-state index < -0.39 is 24.0 Å². The van der Waals surface area contributed by atoms with E-state index in [0.717, 1.165) is 4.88 Å². The van der Waals surface area contributed by atoms with Crippen molar-refractivity contribution >= 4 is 29.1 Å². The predicted molar refractivity (Wildman–Crippen MR) is 90.0 cm³/mol. The number of carbonyl (C=O) groups is 3. The molecule has 0 saturated heterocycles. The minimum absolute atomic E-state index is 0.0866. The highest BCUT2D eigenvalue weighted by Crippen LogP contribution is 2.24. The molecule has 0 aliphatic carbocycles. The number of nitrogens with one attached hydrogen (secondary N) is 1. The molecule has 2 amide bonds. The molecular formula is C17H18N2O4S. The Labute approximate surface area is 143 Å². The highest BCUT2D eigenvalue weighted by molar-refractivity contribution is 7.10. The number of nitrogens with two attached hydrogens (primary N) is 1. The average molecular weight is 346 g/mol. The zero-order valence-corrected chi connectivity index (χ0v) is 13.9. The molecule has 0 aliphatic heterocycles. The number of primary amides is 1. The lowest BCUT2D eigenvalue weighted by molar-refractivity contribution is -0.156. The normalized spacial score (nSPS) is 12.9. The Hall–Kier alpha value is -2.67. The summed E-state index contributed by atoms with van der Waals surface area (Å²) in [6.45, 7) is 1.38. The van der Waals surface area contributed by atoms with E-state index in [9.17, 15) is 14.4 Å². The van der Waals surface area contributed by atoms with Crippen LogP contribution in [0.15, 0.2) is 47.8 Å². The van der Waals surface area contributed by atoms with E-state index in [1.54, 1.807) is 30.3 Å². The Kier molecular flexibility index (Phi) is 6.08. The van der Waals surface area contributed by atoms with Crippen LogP contribution in [0.5, 0.6) is 0 Å². The fourth-order valence-electron chi connectivity index (χ4n) is 2.22. The van der Waals surface area contributed by atoms with E-state index in [2.05, 4.69) is 5.32 Å². The van der Waals surface area contributed by atoms with Gasteiger partial charge in [-0.1, -0.05) is 36.4 Å². The average Bonchev–Trinajstić information content (AvgIpc) is 3.06. The first-order valence-electron chi connectivity index (χ1n) is 7.31. The summed E-state index contributed by atoms with van der Waals surface area (Å²) in [6.07, 6.45) is -1.24. The van der Waals surface area contributed by atoms with Gasteiger partial charge in [-0.25, -0.2) is 0 Å². The lowest BCUT2D eigenvalue weighted by Gasteiger charge is -2.19. The minimum atomic E-state index is -1.15.